The van der Waals surface area contributed by atoms with E-state index in [2.05, 4.69) is 38.9 Å². The molecule has 1 rings (SSSR count). The molecule has 0 fully saturated rings. The Morgan fingerprint density at radius 1 is 1.26 bits per heavy atom. The summed E-state index contributed by atoms with van der Waals surface area (Å²) in [5.41, 5.74) is 4.97. The van der Waals surface area contributed by atoms with Gasteiger partial charge in [0.05, 0.1) is 8.07 Å². The first-order valence-corrected chi connectivity index (χ1v) is 10.5. The third-order valence-electron chi connectivity index (χ3n) is 3.71. The number of hydrogen-bond acceptors (Lipinski definition) is 1. The number of benzene rings is 1. The zero-order valence-electron chi connectivity index (χ0n) is 12.7. The lowest BCUT2D eigenvalue weighted by molar-refractivity contribution is 0.149. The van der Waals surface area contributed by atoms with Gasteiger partial charge in [-0.25, -0.2) is 0 Å². The number of unbranched alkanes of at least 4 members (excludes halogenated alkanes) is 1. The highest BCUT2D eigenvalue weighted by atomic mass is 28.3. The molecule has 1 atom stereocenters. The molecule has 0 aromatic heterocycles. The van der Waals surface area contributed by atoms with Gasteiger partial charge in [0, 0.05) is 5.57 Å². The van der Waals surface area contributed by atoms with E-state index < -0.39 is 13.3 Å². The van der Waals surface area contributed by atoms with Gasteiger partial charge in [-0.15, -0.1) is 5.73 Å². The van der Waals surface area contributed by atoms with Crippen molar-refractivity contribution >= 4 is 8.07 Å². The third kappa shape index (κ3) is 3.27. The summed E-state index contributed by atoms with van der Waals surface area (Å²) in [6.45, 7) is 12.6. The largest absolute Gasteiger partial charge is 0.384 e. The zero-order valence-corrected chi connectivity index (χ0v) is 13.7. The molecule has 0 aliphatic heterocycles. The Morgan fingerprint density at radius 2 is 1.84 bits per heavy atom. The minimum Gasteiger partial charge on any atom is -0.384 e. The fraction of sp³-hybridized carbons (Fsp3) is 0.471. The lowest BCUT2D eigenvalue weighted by Crippen LogP contribution is -2.50. The molecule has 0 bridgehead atoms. The molecule has 0 heterocycles. The Bertz CT molecular complexity index is 452. The maximum Gasteiger partial charge on any atom is 0.106 e. The molecular weight excluding hydrogens is 248 g/mol. The molecule has 0 saturated heterocycles. The van der Waals surface area contributed by atoms with Gasteiger partial charge in [-0.2, -0.15) is 0 Å². The number of rotatable bonds is 6. The average molecular weight is 274 g/mol. The Labute approximate surface area is 118 Å². The number of aliphatic hydroxyl groups is 1. The Kier molecular flexibility index (Phi) is 5.36. The van der Waals surface area contributed by atoms with Gasteiger partial charge < -0.3 is 5.11 Å². The molecule has 1 unspecified atom stereocenters. The summed E-state index contributed by atoms with van der Waals surface area (Å²) < 4.78 is 0. The van der Waals surface area contributed by atoms with Crippen molar-refractivity contribution in [3.63, 3.8) is 0 Å². The van der Waals surface area contributed by atoms with Crippen molar-refractivity contribution in [3.05, 3.63) is 53.8 Å². The van der Waals surface area contributed by atoms with Crippen molar-refractivity contribution in [1.29, 1.82) is 0 Å². The lowest BCUT2D eigenvalue weighted by atomic mass is 9.97. The predicted octanol–water partition coefficient (Wildman–Crippen LogP) is 4.65. The van der Waals surface area contributed by atoms with Crippen LogP contribution in [-0.2, 0) is 5.22 Å². The second-order valence-corrected chi connectivity index (χ2v) is 11.3. The van der Waals surface area contributed by atoms with Gasteiger partial charge in [0.15, 0.2) is 0 Å². The molecule has 0 spiro atoms. The summed E-state index contributed by atoms with van der Waals surface area (Å²) in [4.78, 5) is 0. The van der Waals surface area contributed by atoms with Gasteiger partial charge >= 0.3 is 0 Å². The normalized spacial score (nSPS) is 14.6. The molecule has 1 nitrogen and oxygen atoms in total. The minimum atomic E-state index is -1.87. The van der Waals surface area contributed by atoms with Gasteiger partial charge in [-0.3, -0.25) is 0 Å². The van der Waals surface area contributed by atoms with E-state index >= 15 is 0 Å². The van der Waals surface area contributed by atoms with Crippen LogP contribution in [0.5, 0.6) is 0 Å². The highest BCUT2D eigenvalue weighted by molar-refractivity contribution is 6.79. The van der Waals surface area contributed by atoms with E-state index in [1.807, 2.05) is 30.3 Å². The van der Waals surface area contributed by atoms with Crippen LogP contribution < -0.4 is 0 Å². The SMILES string of the molecule is C=C=C(CCCC)C(O)(c1ccccc1)[Si](C)(C)C. The van der Waals surface area contributed by atoms with Crippen LogP contribution in [0.1, 0.15) is 31.7 Å². The molecule has 2 heteroatoms. The van der Waals surface area contributed by atoms with Crippen LogP contribution in [0.25, 0.3) is 0 Å². The lowest BCUT2D eigenvalue weighted by Gasteiger charge is -2.41. The second-order valence-electron chi connectivity index (χ2n) is 6.09. The second kappa shape index (κ2) is 6.38. The highest BCUT2D eigenvalue weighted by Crippen LogP contribution is 2.40. The highest BCUT2D eigenvalue weighted by Gasteiger charge is 2.45. The van der Waals surface area contributed by atoms with Crippen LogP contribution in [0.2, 0.25) is 19.6 Å². The fourth-order valence-corrected chi connectivity index (χ4v) is 4.64. The van der Waals surface area contributed by atoms with E-state index in [0.29, 0.717) is 0 Å². The van der Waals surface area contributed by atoms with E-state index in [1.165, 1.54) is 0 Å². The molecule has 0 amide bonds. The van der Waals surface area contributed by atoms with Crippen LogP contribution in [-0.4, -0.2) is 13.2 Å². The minimum absolute atomic E-state index is 0.870. The number of hydrogen-bond donors (Lipinski definition) is 1. The van der Waals surface area contributed by atoms with E-state index in [0.717, 1.165) is 30.4 Å². The first-order valence-electron chi connectivity index (χ1n) is 7.05. The Morgan fingerprint density at radius 3 is 2.26 bits per heavy atom. The van der Waals surface area contributed by atoms with E-state index in [4.69, 9.17) is 0 Å². The van der Waals surface area contributed by atoms with Crippen molar-refractivity contribution in [2.45, 2.75) is 51.1 Å². The van der Waals surface area contributed by atoms with Crippen LogP contribution in [0, 0.1) is 0 Å². The fourth-order valence-electron chi connectivity index (χ4n) is 2.49. The summed E-state index contributed by atoms with van der Waals surface area (Å²) in [5.74, 6) is 0. The maximum absolute atomic E-state index is 11.4. The summed E-state index contributed by atoms with van der Waals surface area (Å²) in [6, 6.07) is 9.99. The summed E-state index contributed by atoms with van der Waals surface area (Å²) >= 11 is 0. The molecule has 1 N–H and O–H groups in total. The van der Waals surface area contributed by atoms with Gasteiger partial charge in [0.25, 0.3) is 0 Å². The molecule has 104 valence electrons. The molecular formula is C17H26OSi. The molecule has 0 saturated carbocycles. The van der Waals surface area contributed by atoms with Crippen LogP contribution in [0.4, 0.5) is 0 Å². The molecule has 1 aromatic carbocycles. The summed E-state index contributed by atoms with van der Waals surface area (Å²) in [6.07, 6.45) is 3.05. The molecule has 0 radical (unpaired) electrons. The van der Waals surface area contributed by atoms with Crippen LogP contribution >= 0.6 is 0 Å². The Balaban J connectivity index is 3.33. The quantitative estimate of drug-likeness (QED) is 0.591. The predicted molar refractivity (Wildman–Crippen MR) is 85.9 cm³/mol. The topological polar surface area (TPSA) is 20.2 Å². The smallest absolute Gasteiger partial charge is 0.106 e. The first-order chi connectivity index (χ1) is 8.87. The molecule has 1 aromatic rings. The van der Waals surface area contributed by atoms with Gasteiger partial charge in [-0.05, 0) is 18.4 Å². The van der Waals surface area contributed by atoms with E-state index in [1.54, 1.807) is 0 Å². The van der Waals surface area contributed by atoms with Gasteiger partial charge in [-0.1, -0.05) is 69.9 Å². The zero-order chi connectivity index (χ0) is 14.5. The standard InChI is InChI=1S/C17H26OSi/c1-6-8-12-15(7-2)17(18,19(3,4)5)16-13-10-9-11-14-16/h9-11,13-14,18H,2,6,8,12H2,1,3-5H3. The molecule has 19 heavy (non-hydrogen) atoms. The third-order valence-corrected chi connectivity index (χ3v) is 6.47. The average Bonchev–Trinajstić information content (AvgIpc) is 2.39. The van der Waals surface area contributed by atoms with Gasteiger partial charge in [0.2, 0.25) is 0 Å². The molecule has 0 aliphatic rings. The van der Waals surface area contributed by atoms with Crippen molar-refractivity contribution in [1.82, 2.24) is 0 Å². The van der Waals surface area contributed by atoms with E-state index in [-0.39, 0.29) is 0 Å². The van der Waals surface area contributed by atoms with Crippen molar-refractivity contribution < 1.29 is 5.11 Å². The van der Waals surface area contributed by atoms with Crippen molar-refractivity contribution in [2.24, 2.45) is 0 Å². The van der Waals surface area contributed by atoms with E-state index in [9.17, 15) is 5.11 Å². The molecule has 0 aliphatic carbocycles. The summed E-state index contributed by atoms with van der Waals surface area (Å²) in [7, 11) is -1.87. The van der Waals surface area contributed by atoms with Gasteiger partial charge in [0.1, 0.15) is 5.22 Å². The Hall–Kier alpha value is -1.08. The summed E-state index contributed by atoms with van der Waals surface area (Å²) in [5, 5.41) is 10.6. The van der Waals surface area contributed by atoms with Crippen LogP contribution in [0.15, 0.2) is 48.2 Å². The van der Waals surface area contributed by atoms with Crippen LogP contribution in [0.3, 0.4) is 0 Å². The monoisotopic (exact) mass is 274 g/mol. The first kappa shape index (κ1) is 16.0. The van der Waals surface area contributed by atoms with Crippen molar-refractivity contribution in [3.8, 4) is 0 Å². The maximum atomic E-state index is 11.4. The van der Waals surface area contributed by atoms with Crippen molar-refractivity contribution in [2.75, 3.05) is 0 Å².